The maximum absolute atomic E-state index is 10.1. The van der Waals surface area contributed by atoms with Crippen LogP contribution < -0.4 is 16.4 Å². The minimum absolute atomic E-state index is 0.0543. The van der Waals surface area contributed by atoms with Crippen LogP contribution in [0.1, 0.15) is 36.6 Å². The van der Waals surface area contributed by atoms with Crippen LogP contribution in [-0.2, 0) is 17.8 Å². The van der Waals surface area contributed by atoms with E-state index in [0.29, 0.717) is 24.6 Å². The lowest BCUT2D eigenvalue weighted by Gasteiger charge is -2.17. The van der Waals surface area contributed by atoms with E-state index >= 15 is 0 Å². The Balaban J connectivity index is 0.000000275. The van der Waals surface area contributed by atoms with Gasteiger partial charge in [0, 0.05) is 50.3 Å². The standard InChI is InChI=1S/C17H18N6.C6H13NO2/c18-15-3-1-2-11-4-5-16(23-17(11)22-15)21-13-8-12-9-19-7-6-14(12)20-10-13;1-2-3-7(6-9)4-5-8/h1-2,4-5,8,10,19H,3,6-7,9H2,(H3,18,21,22,23);6,8H,2-5H2,1H3. The zero-order valence-electron chi connectivity index (χ0n) is 18.4. The molecule has 170 valence electrons. The largest absolute Gasteiger partial charge is 0.395 e. The lowest BCUT2D eigenvalue weighted by molar-refractivity contribution is -0.118. The fourth-order valence-corrected chi connectivity index (χ4v) is 3.43. The third kappa shape index (κ3) is 6.60. The molecular weight excluding hydrogens is 406 g/mol. The van der Waals surface area contributed by atoms with Gasteiger partial charge in [-0.05, 0) is 30.2 Å². The van der Waals surface area contributed by atoms with Gasteiger partial charge in [0.25, 0.3) is 0 Å². The molecule has 9 heteroatoms. The third-order valence-corrected chi connectivity index (χ3v) is 5.01. The average Bonchev–Trinajstić information content (AvgIpc) is 2.99. The molecule has 2 aromatic rings. The van der Waals surface area contributed by atoms with Crippen LogP contribution in [0, 0.1) is 0 Å². The van der Waals surface area contributed by atoms with Gasteiger partial charge in [-0.25, -0.2) is 9.98 Å². The van der Waals surface area contributed by atoms with Crippen molar-refractivity contribution < 1.29 is 9.90 Å². The predicted molar refractivity (Wildman–Crippen MR) is 127 cm³/mol. The number of aliphatic imine (C=N–C) groups is 1. The predicted octanol–water partition coefficient (Wildman–Crippen LogP) is 2.12. The van der Waals surface area contributed by atoms with Crippen molar-refractivity contribution in [2.45, 2.75) is 32.7 Å². The van der Waals surface area contributed by atoms with Gasteiger partial charge < -0.3 is 26.4 Å². The van der Waals surface area contributed by atoms with Gasteiger partial charge in [0.15, 0.2) is 5.82 Å². The molecule has 0 saturated carbocycles. The molecule has 4 rings (SSSR count). The first kappa shape index (κ1) is 23.4. The molecular formula is C23H31N7O2. The number of aliphatic hydroxyl groups excluding tert-OH is 1. The quantitative estimate of drug-likeness (QED) is 0.488. The highest BCUT2D eigenvalue weighted by molar-refractivity contribution is 5.87. The number of rotatable bonds is 7. The maximum Gasteiger partial charge on any atom is 0.209 e. The fourth-order valence-electron chi connectivity index (χ4n) is 3.43. The molecule has 9 nitrogen and oxygen atoms in total. The first-order valence-electron chi connectivity index (χ1n) is 10.9. The van der Waals surface area contributed by atoms with Crippen molar-refractivity contribution in [3.63, 3.8) is 0 Å². The Morgan fingerprint density at radius 1 is 1.34 bits per heavy atom. The molecule has 5 N–H and O–H groups in total. The summed E-state index contributed by atoms with van der Waals surface area (Å²) >= 11 is 0. The summed E-state index contributed by atoms with van der Waals surface area (Å²) in [7, 11) is 0. The van der Waals surface area contributed by atoms with Gasteiger partial charge >= 0.3 is 0 Å². The number of hydrogen-bond donors (Lipinski definition) is 4. The van der Waals surface area contributed by atoms with Gasteiger partial charge in [-0.2, -0.15) is 0 Å². The van der Waals surface area contributed by atoms with Crippen LogP contribution in [0.2, 0.25) is 0 Å². The lowest BCUT2D eigenvalue weighted by Crippen LogP contribution is -2.25. The number of carbonyl (C=O) groups excluding carboxylic acids is 1. The lowest BCUT2D eigenvalue weighted by atomic mass is 10.1. The third-order valence-electron chi connectivity index (χ3n) is 5.01. The molecule has 4 heterocycles. The molecule has 0 atom stereocenters. The van der Waals surface area contributed by atoms with Gasteiger partial charge in [0.05, 0.1) is 18.5 Å². The van der Waals surface area contributed by atoms with Crippen molar-refractivity contribution in [1.29, 1.82) is 0 Å². The second-order valence-corrected chi connectivity index (χ2v) is 7.57. The zero-order chi connectivity index (χ0) is 22.8. The molecule has 0 saturated heterocycles. The SMILES string of the molecule is CCCN(C=O)CCO.NC1=Nc2nc(Nc3cnc4c(c3)CNCC4)ccc2C=CC1. The van der Waals surface area contributed by atoms with E-state index in [-0.39, 0.29) is 6.61 Å². The molecule has 0 spiro atoms. The molecule has 2 aliphatic heterocycles. The van der Waals surface area contributed by atoms with Crippen molar-refractivity contribution in [2.75, 3.05) is 31.6 Å². The number of pyridine rings is 2. The second-order valence-electron chi connectivity index (χ2n) is 7.57. The highest BCUT2D eigenvalue weighted by Crippen LogP contribution is 2.25. The molecule has 2 aliphatic rings. The van der Waals surface area contributed by atoms with E-state index < -0.39 is 0 Å². The molecule has 2 aromatic heterocycles. The summed E-state index contributed by atoms with van der Waals surface area (Å²) in [5, 5.41) is 15.1. The van der Waals surface area contributed by atoms with Crippen LogP contribution in [0.5, 0.6) is 0 Å². The first-order chi connectivity index (χ1) is 15.6. The summed E-state index contributed by atoms with van der Waals surface area (Å²) in [4.78, 5) is 25.1. The Labute approximate surface area is 188 Å². The van der Waals surface area contributed by atoms with Gasteiger partial charge in [0.2, 0.25) is 6.41 Å². The summed E-state index contributed by atoms with van der Waals surface area (Å²) in [6.45, 7) is 5.10. The van der Waals surface area contributed by atoms with E-state index in [1.807, 2.05) is 37.4 Å². The number of amides is 1. The Morgan fingerprint density at radius 2 is 2.22 bits per heavy atom. The highest BCUT2D eigenvalue weighted by atomic mass is 16.3. The summed E-state index contributed by atoms with van der Waals surface area (Å²) in [5.74, 6) is 1.96. The van der Waals surface area contributed by atoms with Crippen molar-refractivity contribution in [1.82, 2.24) is 20.2 Å². The smallest absolute Gasteiger partial charge is 0.209 e. The number of aliphatic hydroxyl groups is 1. The Hall–Kier alpha value is -3.30. The van der Waals surface area contributed by atoms with E-state index in [9.17, 15) is 4.79 Å². The summed E-state index contributed by atoms with van der Waals surface area (Å²) in [6.07, 6.45) is 9.20. The summed E-state index contributed by atoms with van der Waals surface area (Å²) in [6, 6.07) is 6.06. The van der Waals surface area contributed by atoms with Gasteiger partial charge in [-0.15, -0.1) is 0 Å². The number of fused-ring (bicyclic) bond motifs is 2. The minimum Gasteiger partial charge on any atom is -0.395 e. The number of amidine groups is 1. The zero-order valence-corrected chi connectivity index (χ0v) is 18.4. The maximum atomic E-state index is 10.1. The molecule has 0 bridgehead atoms. The van der Waals surface area contributed by atoms with Crippen LogP contribution >= 0.6 is 0 Å². The van der Waals surface area contributed by atoms with Gasteiger partial charge in [0.1, 0.15) is 11.7 Å². The van der Waals surface area contributed by atoms with Crippen molar-refractivity contribution in [3.8, 4) is 0 Å². The van der Waals surface area contributed by atoms with Crippen LogP contribution in [-0.4, -0.2) is 58.5 Å². The monoisotopic (exact) mass is 437 g/mol. The Kier molecular flexibility index (Phi) is 8.70. The number of nitrogens with one attached hydrogen (secondary N) is 2. The van der Waals surface area contributed by atoms with Gasteiger partial charge in [-0.1, -0.05) is 19.1 Å². The number of aromatic nitrogens is 2. The Morgan fingerprint density at radius 3 is 3.00 bits per heavy atom. The van der Waals surface area contributed by atoms with E-state index in [4.69, 9.17) is 10.8 Å². The summed E-state index contributed by atoms with van der Waals surface area (Å²) < 4.78 is 0. The number of anilines is 2. The highest BCUT2D eigenvalue weighted by Gasteiger charge is 2.11. The topological polar surface area (TPSA) is 129 Å². The second kappa shape index (κ2) is 11.9. The molecule has 1 amide bonds. The van der Waals surface area contributed by atoms with E-state index in [1.54, 1.807) is 4.90 Å². The van der Waals surface area contributed by atoms with E-state index in [1.165, 1.54) is 11.3 Å². The van der Waals surface area contributed by atoms with Crippen LogP contribution in [0.15, 0.2) is 35.5 Å². The number of carbonyl (C=O) groups is 1. The molecule has 0 unspecified atom stereocenters. The van der Waals surface area contributed by atoms with Crippen LogP contribution in [0.3, 0.4) is 0 Å². The van der Waals surface area contributed by atoms with Crippen molar-refractivity contribution in [2.24, 2.45) is 10.7 Å². The van der Waals surface area contributed by atoms with E-state index in [0.717, 1.165) is 56.0 Å². The number of nitrogens with two attached hydrogens (primary N) is 1. The number of hydrogen-bond acceptors (Lipinski definition) is 8. The van der Waals surface area contributed by atoms with Crippen molar-refractivity contribution in [3.05, 3.63) is 47.3 Å². The Bertz CT molecular complexity index is 969. The van der Waals surface area contributed by atoms with E-state index in [2.05, 4.69) is 31.7 Å². The molecule has 32 heavy (non-hydrogen) atoms. The summed E-state index contributed by atoms with van der Waals surface area (Å²) in [5.41, 5.74) is 10.2. The average molecular weight is 438 g/mol. The molecule has 0 radical (unpaired) electrons. The number of nitrogens with zero attached hydrogens (tertiary/aromatic N) is 4. The molecule has 0 fully saturated rings. The molecule has 0 aliphatic carbocycles. The minimum atomic E-state index is 0.0543. The van der Waals surface area contributed by atoms with Crippen LogP contribution in [0.4, 0.5) is 17.3 Å². The fraction of sp³-hybridized carbons (Fsp3) is 0.391. The normalized spacial score (nSPS) is 14.1. The first-order valence-corrected chi connectivity index (χ1v) is 10.9. The van der Waals surface area contributed by atoms with Crippen molar-refractivity contribution >= 4 is 35.6 Å². The molecule has 0 aromatic carbocycles. The van der Waals surface area contributed by atoms with Crippen LogP contribution in [0.25, 0.3) is 6.08 Å². The van der Waals surface area contributed by atoms with Gasteiger partial charge in [-0.3, -0.25) is 9.78 Å².